The highest BCUT2D eigenvalue weighted by Crippen LogP contribution is 2.31. The molecule has 4 rings (SSSR count). The highest BCUT2D eigenvalue weighted by molar-refractivity contribution is 6.30. The van der Waals surface area contributed by atoms with Gasteiger partial charge in [-0.05, 0) is 56.0 Å². The van der Waals surface area contributed by atoms with E-state index in [1.54, 1.807) is 6.20 Å². The van der Waals surface area contributed by atoms with Crippen LogP contribution in [-0.4, -0.2) is 20.8 Å². The number of hydrogen-bond donors (Lipinski definition) is 0. The Kier molecular flexibility index (Phi) is 5.31. The van der Waals surface area contributed by atoms with Crippen molar-refractivity contribution in [1.29, 1.82) is 0 Å². The van der Waals surface area contributed by atoms with Gasteiger partial charge in [0.05, 0.1) is 5.52 Å². The van der Waals surface area contributed by atoms with Crippen LogP contribution >= 0.6 is 11.6 Å². The largest absolute Gasteiger partial charge is 0.334 e. The fraction of sp³-hybridized carbons (Fsp3) is 0.348. The quantitative estimate of drug-likeness (QED) is 0.557. The molecular formula is C23H24ClN3O. The molecule has 0 spiro atoms. The van der Waals surface area contributed by atoms with Crippen LogP contribution < -0.4 is 0 Å². The Balaban J connectivity index is 1.67. The molecule has 0 saturated heterocycles. The Hall–Kier alpha value is -2.46. The van der Waals surface area contributed by atoms with Gasteiger partial charge in [-0.1, -0.05) is 35.7 Å². The van der Waals surface area contributed by atoms with Gasteiger partial charge in [-0.2, -0.15) is 0 Å². The Morgan fingerprint density at radius 2 is 2.04 bits per heavy atom. The van der Waals surface area contributed by atoms with Crippen LogP contribution in [-0.2, 0) is 17.9 Å². The van der Waals surface area contributed by atoms with E-state index >= 15 is 0 Å². The summed E-state index contributed by atoms with van der Waals surface area (Å²) < 4.78 is 0. The molecule has 0 N–H and O–H groups in total. The predicted molar refractivity (Wildman–Crippen MR) is 112 cm³/mol. The number of carbonyl (C=O) groups is 1. The molecule has 3 aromatic rings. The summed E-state index contributed by atoms with van der Waals surface area (Å²) in [5, 5.41) is 1.53. The Labute approximate surface area is 170 Å². The highest BCUT2D eigenvalue weighted by atomic mass is 35.5. The molecule has 0 bridgehead atoms. The summed E-state index contributed by atoms with van der Waals surface area (Å²) in [6, 6.07) is 10.2. The van der Waals surface area contributed by atoms with Crippen LogP contribution in [0.2, 0.25) is 5.15 Å². The molecule has 1 aromatic carbocycles. The standard InChI is InChI=1S/C23H24ClN3O/c1-15-9-16(2)21-19(10-15)11-20(22(24)26-21)14-27(23(28)18-6-3-7-18)13-17-5-4-8-25-12-17/h4-5,8-12,18H,3,6-7,13-14H2,1-2H3. The number of carbonyl (C=O) groups excluding carboxylic acids is 1. The maximum atomic E-state index is 13.1. The summed E-state index contributed by atoms with van der Waals surface area (Å²) >= 11 is 6.53. The molecule has 5 heteroatoms. The number of halogens is 1. The van der Waals surface area contributed by atoms with Crippen molar-refractivity contribution in [2.45, 2.75) is 46.2 Å². The molecule has 28 heavy (non-hydrogen) atoms. The summed E-state index contributed by atoms with van der Waals surface area (Å²) in [4.78, 5) is 23.8. The average molecular weight is 394 g/mol. The first-order valence-electron chi connectivity index (χ1n) is 9.75. The maximum Gasteiger partial charge on any atom is 0.226 e. The van der Waals surface area contributed by atoms with Crippen LogP contribution in [0.5, 0.6) is 0 Å². The molecular weight excluding hydrogens is 370 g/mol. The lowest BCUT2D eigenvalue weighted by atomic mass is 9.84. The first kappa shape index (κ1) is 18.9. The number of hydrogen-bond acceptors (Lipinski definition) is 3. The van der Waals surface area contributed by atoms with Crippen LogP contribution in [0.4, 0.5) is 0 Å². The zero-order chi connectivity index (χ0) is 19.7. The summed E-state index contributed by atoms with van der Waals surface area (Å²) in [6.45, 7) is 5.12. The van der Waals surface area contributed by atoms with Crippen molar-refractivity contribution in [3.8, 4) is 0 Å². The fourth-order valence-electron chi connectivity index (χ4n) is 3.83. The van der Waals surface area contributed by atoms with Gasteiger partial charge in [-0.15, -0.1) is 0 Å². The van der Waals surface area contributed by atoms with Gasteiger partial charge < -0.3 is 4.90 Å². The molecule has 2 heterocycles. The zero-order valence-electron chi connectivity index (χ0n) is 16.3. The van der Waals surface area contributed by atoms with Gasteiger partial charge in [-0.25, -0.2) is 4.98 Å². The SMILES string of the molecule is Cc1cc(C)c2nc(Cl)c(CN(Cc3cccnc3)C(=O)C3CCC3)cc2c1. The van der Waals surface area contributed by atoms with E-state index in [1.807, 2.05) is 30.2 Å². The van der Waals surface area contributed by atoms with E-state index in [1.165, 1.54) is 5.56 Å². The first-order chi connectivity index (χ1) is 13.5. The normalized spacial score (nSPS) is 14.1. The molecule has 144 valence electrons. The topological polar surface area (TPSA) is 46.1 Å². The van der Waals surface area contributed by atoms with E-state index in [9.17, 15) is 4.79 Å². The van der Waals surface area contributed by atoms with Gasteiger partial charge in [0.25, 0.3) is 0 Å². The predicted octanol–water partition coefficient (Wildman–Crippen LogP) is 5.23. The third-order valence-electron chi connectivity index (χ3n) is 5.50. The number of pyridine rings is 2. The van der Waals surface area contributed by atoms with Gasteiger partial charge in [-0.3, -0.25) is 9.78 Å². The number of fused-ring (bicyclic) bond motifs is 1. The van der Waals surface area contributed by atoms with E-state index < -0.39 is 0 Å². The average Bonchev–Trinajstić information content (AvgIpc) is 2.62. The van der Waals surface area contributed by atoms with Gasteiger partial charge in [0, 0.05) is 42.4 Å². The first-order valence-corrected chi connectivity index (χ1v) is 10.1. The molecule has 1 aliphatic rings. The van der Waals surface area contributed by atoms with E-state index in [-0.39, 0.29) is 11.8 Å². The third-order valence-corrected chi connectivity index (χ3v) is 5.83. The highest BCUT2D eigenvalue weighted by Gasteiger charge is 2.30. The van der Waals surface area contributed by atoms with Crippen molar-refractivity contribution >= 4 is 28.4 Å². The monoisotopic (exact) mass is 393 g/mol. The van der Waals surface area contributed by atoms with Crippen molar-refractivity contribution in [2.24, 2.45) is 5.92 Å². The molecule has 2 aromatic heterocycles. The van der Waals surface area contributed by atoms with Crippen LogP contribution in [0.25, 0.3) is 10.9 Å². The molecule has 4 nitrogen and oxygen atoms in total. The Morgan fingerprint density at radius 1 is 1.21 bits per heavy atom. The molecule has 1 fully saturated rings. The van der Waals surface area contributed by atoms with Crippen molar-refractivity contribution in [3.05, 3.63) is 70.1 Å². The van der Waals surface area contributed by atoms with Gasteiger partial charge in [0.1, 0.15) is 5.15 Å². The second kappa shape index (κ2) is 7.88. The fourth-order valence-corrected chi connectivity index (χ4v) is 4.03. The summed E-state index contributed by atoms with van der Waals surface area (Å²) in [6.07, 6.45) is 6.65. The number of aryl methyl sites for hydroxylation is 2. The summed E-state index contributed by atoms with van der Waals surface area (Å²) in [5.41, 5.74) is 5.13. The molecule has 1 aliphatic carbocycles. The van der Waals surface area contributed by atoms with Crippen molar-refractivity contribution in [2.75, 3.05) is 0 Å². The van der Waals surface area contributed by atoms with E-state index in [4.69, 9.17) is 11.6 Å². The van der Waals surface area contributed by atoms with Crippen LogP contribution in [0, 0.1) is 19.8 Å². The Bertz CT molecular complexity index is 1020. The minimum atomic E-state index is 0.133. The second-order valence-electron chi connectivity index (χ2n) is 7.78. The molecule has 1 amide bonds. The lowest BCUT2D eigenvalue weighted by molar-refractivity contribution is -0.139. The molecule has 0 atom stereocenters. The lowest BCUT2D eigenvalue weighted by Crippen LogP contribution is -2.38. The Morgan fingerprint density at radius 3 is 2.71 bits per heavy atom. The second-order valence-corrected chi connectivity index (χ2v) is 8.13. The van der Waals surface area contributed by atoms with Crippen molar-refractivity contribution in [3.63, 3.8) is 0 Å². The molecule has 0 aliphatic heterocycles. The van der Waals surface area contributed by atoms with E-state index in [0.29, 0.717) is 18.2 Å². The minimum absolute atomic E-state index is 0.133. The van der Waals surface area contributed by atoms with Crippen LogP contribution in [0.15, 0.2) is 42.7 Å². The third kappa shape index (κ3) is 3.88. The van der Waals surface area contributed by atoms with Gasteiger partial charge in [0.15, 0.2) is 0 Å². The molecule has 0 unspecified atom stereocenters. The minimum Gasteiger partial charge on any atom is -0.334 e. The van der Waals surface area contributed by atoms with Crippen LogP contribution in [0.3, 0.4) is 0 Å². The van der Waals surface area contributed by atoms with Crippen molar-refractivity contribution in [1.82, 2.24) is 14.9 Å². The zero-order valence-corrected chi connectivity index (χ0v) is 17.0. The number of rotatable bonds is 5. The lowest BCUT2D eigenvalue weighted by Gasteiger charge is -2.32. The van der Waals surface area contributed by atoms with Gasteiger partial charge >= 0.3 is 0 Å². The van der Waals surface area contributed by atoms with Gasteiger partial charge in [0.2, 0.25) is 5.91 Å². The number of nitrogens with zero attached hydrogens (tertiary/aromatic N) is 3. The smallest absolute Gasteiger partial charge is 0.226 e. The van der Waals surface area contributed by atoms with Crippen LogP contribution in [0.1, 0.15) is 41.5 Å². The summed E-state index contributed by atoms with van der Waals surface area (Å²) in [5.74, 6) is 0.333. The number of benzene rings is 1. The maximum absolute atomic E-state index is 13.1. The van der Waals surface area contributed by atoms with E-state index in [2.05, 4.69) is 35.1 Å². The number of aromatic nitrogens is 2. The number of amides is 1. The molecule has 0 radical (unpaired) electrons. The molecule has 1 saturated carbocycles. The van der Waals surface area contributed by atoms with Crippen molar-refractivity contribution < 1.29 is 4.79 Å². The van der Waals surface area contributed by atoms with E-state index in [0.717, 1.165) is 46.9 Å². The summed E-state index contributed by atoms with van der Waals surface area (Å²) in [7, 11) is 0.